The fourth-order valence-electron chi connectivity index (χ4n) is 4.22. The largest absolute Gasteiger partial charge is 0.327 e. The summed E-state index contributed by atoms with van der Waals surface area (Å²) in [6, 6.07) is 7.67. The minimum Gasteiger partial charge on any atom is -0.326 e. The summed E-state index contributed by atoms with van der Waals surface area (Å²) in [6.07, 6.45) is 1.33. The molecule has 7 nitrogen and oxygen atoms in total. The zero-order valence-corrected chi connectivity index (χ0v) is 17.2. The Labute approximate surface area is 166 Å². The smallest absolute Gasteiger partial charge is 0.326 e. The molecule has 7 heteroatoms. The van der Waals surface area contributed by atoms with Gasteiger partial charge in [0.25, 0.3) is 5.91 Å². The molecule has 2 aliphatic rings. The van der Waals surface area contributed by atoms with Crippen molar-refractivity contribution in [2.75, 3.05) is 32.0 Å². The minimum atomic E-state index is -0.679. The molecule has 1 N–H and O–H groups in total. The van der Waals surface area contributed by atoms with Crippen LogP contribution in [0.4, 0.5) is 10.5 Å². The summed E-state index contributed by atoms with van der Waals surface area (Å²) in [5, 5.41) is 2.77. The Kier molecular flexibility index (Phi) is 5.74. The van der Waals surface area contributed by atoms with Crippen molar-refractivity contribution in [3.05, 3.63) is 29.8 Å². The van der Waals surface area contributed by atoms with Gasteiger partial charge < -0.3 is 10.2 Å². The first-order valence-corrected chi connectivity index (χ1v) is 9.91. The maximum atomic E-state index is 12.9. The normalized spacial score (nSPS) is 19.8. The van der Waals surface area contributed by atoms with E-state index in [-0.39, 0.29) is 17.8 Å². The molecule has 0 unspecified atom stereocenters. The molecule has 2 fully saturated rings. The number of likely N-dealkylation sites (N-methyl/N-ethyl adjacent to an activating group) is 1. The van der Waals surface area contributed by atoms with E-state index >= 15 is 0 Å². The van der Waals surface area contributed by atoms with Gasteiger partial charge in [-0.1, -0.05) is 26.0 Å². The van der Waals surface area contributed by atoms with Gasteiger partial charge in [0.05, 0.1) is 0 Å². The minimum absolute atomic E-state index is 0.0579. The molecule has 28 heavy (non-hydrogen) atoms. The summed E-state index contributed by atoms with van der Waals surface area (Å²) >= 11 is 0. The quantitative estimate of drug-likeness (QED) is 0.790. The highest BCUT2D eigenvalue weighted by molar-refractivity contribution is 6.06. The van der Waals surface area contributed by atoms with E-state index in [0.717, 1.165) is 30.9 Å². The molecule has 0 atom stereocenters. The van der Waals surface area contributed by atoms with Gasteiger partial charge in [0.2, 0.25) is 5.91 Å². The number of carbonyl (C=O) groups is 3. The number of imide groups is 1. The van der Waals surface area contributed by atoms with Crippen molar-refractivity contribution < 1.29 is 14.4 Å². The number of amides is 4. The molecule has 2 saturated heterocycles. The highest BCUT2D eigenvalue weighted by atomic mass is 16.2. The lowest BCUT2D eigenvalue weighted by Crippen LogP contribution is -2.57. The van der Waals surface area contributed by atoms with Gasteiger partial charge in [-0.05, 0) is 36.5 Å². The summed E-state index contributed by atoms with van der Waals surface area (Å²) in [5.41, 5.74) is 1.27. The molecule has 2 heterocycles. The number of urea groups is 1. The molecular formula is C21H30N4O3. The van der Waals surface area contributed by atoms with Gasteiger partial charge in [-0.25, -0.2) is 4.79 Å². The Morgan fingerprint density at radius 1 is 1.14 bits per heavy atom. The molecule has 0 saturated carbocycles. The molecule has 0 radical (unpaired) electrons. The maximum absolute atomic E-state index is 12.9. The SMILES string of the molecule is CC(=O)Nc1ccc(CN2CCC3(CC2)C(=O)N(C)C(=O)N3CC(C)C)cc1. The maximum Gasteiger partial charge on any atom is 0.327 e. The standard InChI is InChI=1S/C21H30N4O3/c1-15(2)13-25-20(28)23(4)19(27)21(25)9-11-24(12-10-21)14-17-5-7-18(8-6-17)22-16(3)26/h5-8,15H,9-14H2,1-4H3,(H,22,26). The number of nitrogens with one attached hydrogen (secondary N) is 1. The third kappa shape index (κ3) is 3.90. The predicted molar refractivity (Wildman–Crippen MR) is 108 cm³/mol. The van der Waals surface area contributed by atoms with Gasteiger partial charge in [-0.3, -0.25) is 19.4 Å². The fraction of sp³-hybridized carbons (Fsp3) is 0.571. The van der Waals surface area contributed by atoms with Crippen LogP contribution in [0.2, 0.25) is 0 Å². The third-order valence-electron chi connectivity index (χ3n) is 5.65. The average molecular weight is 386 g/mol. The molecule has 3 rings (SSSR count). The Hall–Kier alpha value is -2.41. The number of piperidine rings is 1. The first-order chi connectivity index (χ1) is 13.2. The lowest BCUT2D eigenvalue weighted by Gasteiger charge is -2.42. The van der Waals surface area contributed by atoms with E-state index in [0.29, 0.717) is 25.3 Å². The summed E-state index contributed by atoms with van der Waals surface area (Å²) in [4.78, 5) is 42.0. The van der Waals surface area contributed by atoms with Gasteiger partial charge in [0.1, 0.15) is 5.54 Å². The fourth-order valence-corrected chi connectivity index (χ4v) is 4.22. The zero-order chi connectivity index (χ0) is 20.5. The van der Waals surface area contributed by atoms with Gasteiger partial charge in [-0.15, -0.1) is 0 Å². The second kappa shape index (κ2) is 7.91. The first-order valence-electron chi connectivity index (χ1n) is 9.91. The highest BCUT2D eigenvalue weighted by Crippen LogP contribution is 2.37. The molecule has 1 aromatic rings. The molecule has 0 aliphatic carbocycles. The topological polar surface area (TPSA) is 73.0 Å². The molecule has 4 amide bonds. The van der Waals surface area contributed by atoms with Crippen LogP contribution >= 0.6 is 0 Å². The van der Waals surface area contributed by atoms with Crippen LogP contribution in [-0.4, -0.2) is 64.8 Å². The van der Waals surface area contributed by atoms with Crippen LogP contribution in [0.15, 0.2) is 24.3 Å². The van der Waals surface area contributed by atoms with Crippen molar-refractivity contribution in [3.8, 4) is 0 Å². The number of benzene rings is 1. The van der Waals surface area contributed by atoms with Crippen LogP contribution in [-0.2, 0) is 16.1 Å². The van der Waals surface area contributed by atoms with Gasteiger partial charge in [0.15, 0.2) is 0 Å². The number of hydrogen-bond donors (Lipinski definition) is 1. The zero-order valence-electron chi connectivity index (χ0n) is 17.2. The number of hydrogen-bond acceptors (Lipinski definition) is 4. The second-order valence-electron chi connectivity index (χ2n) is 8.34. The van der Waals surface area contributed by atoms with Crippen molar-refractivity contribution in [2.24, 2.45) is 5.92 Å². The molecule has 0 aromatic heterocycles. The number of likely N-dealkylation sites (tertiary alicyclic amines) is 1. The van der Waals surface area contributed by atoms with E-state index in [1.54, 1.807) is 11.9 Å². The molecule has 152 valence electrons. The van der Waals surface area contributed by atoms with E-state index in [1.807, 2.05) is 24.3 Å². The second-order valence-corrected chi connectivity index (χ2v) is 8.34. The summed E-state index contributed by atoms with van der Waals surface area (Å²) in [5.74, 6) is 0.179. The van der Waals surface area contributed by atoms with E-state index in [4.69, 9.17) is 0 Å². The lowest BCUT2D eigenvalue weighted by atomic mass is 9.85. The van der Waals surface area contributed by atoms with E-state index in [9.17, 15) is 14.4 Å². The van der Waals surface area contributed by atoms with Crippen LogP contribution in [0.25, 0.3) is 0 Å². The first kappa shape index (κ1) is 20.3. The van der Waals surface area contributed by atoms with Crippen molar-refractivity contribution in [2.45, 2.75) is 45.7 Å². The van der Waals surface area contributed by atoms with E-state index < -0.39 is 5.54 Å². The number of anilines is 1. The number of carbonyl (C=O) groups excluding carboxylic acids is 3. The van der Waals surface area contributed by atoms with Crippen molar-refractivity contribution in [1.82, 2.24) is 14.7 Å². The Morgan fingerprint density at radius 2 is 1.75 bits per heavy atom. The van der Waals surface area contributed by atoms with Crippen molar-refractivity contribution in [1.29, 1.82) is 0 Å². The highest BCUT2D eigenvalue weighted by Gasteiger charge is 2.56. The van der Waals surface area contributed by atoms with E-state index in [1.165, 1.54) is 11.8 Å². The van der Waals surface area contributed by atoms with Crippen LogP contribution < -0.4 is 5.32 Å². The summed E-state index contributed by atoms with van der Waals surface area (Å²) in [7, 11) is 1.59. The van der Waals surface area contributed by atoms with Crippen molar-refractivity contribution >= 4 is 23.5 Å². The van der Waals surface area contributed by atoms with Gasteiger partial charge in [0, 0.05) is 45.8 Å². The van der Waals surface area contributed by atoms with Gasteiger partial charge >= 0.3 is 6.03 Å². The average Bonchev–Trinajstić information content (AvgIpc) is 2.81. The summed E-state index contributed by atoms with van der Waals surface area (Å²) < 4.78 is 0. The summed E-state index contributed by atoms with van der Waals surface area (Å²) in [6.45, 7) is 8.58. The molecule has 0 bridgehead atoms. The Bertz CT molecular complexity index is 751. The Balaban J connectivity index is 1.65. The molecule has 1 aromatic carbocycles. The van der Waals surface area contributed by atoms with Crippen LogP contribution in [0, 0.1) is 5.92 Å². The van der Waals surface area contributed by atoms with Crippen molar-refractivity contribution in [3.63, 3.8) is 0 Å². The predicted octanol–water partition coefficient (Wildman–Crippen LogP) is 2.53. The van der Waals surface area contributed by atoms with E-state index in [2.05, 4.69) is 24.1 Å². The molecule has 2 aliphatic heterocycles. The van der Waals surface area contributed by atoms with Crippen LogP contribution in [0.3, 0.4) is 0 Å². The molecule has 1 spiro atoms. The lowest BCUT2D eigenvalue weighted by molar-refractivity contribution is -0.135. The molecular weight excluding hydrogens is 356 g/mol. The Morgan fingerprint density at radius 3 is 2.29 bits per heavy atom. The van der Waals surface area contributed by atoms with Crippen LogP contribution in [0.5, 0.6) is 0 Å². The number of rotatable bonds is 5. The van der Waals surface area contributed by atoms with Crippen LogP contribution in [0.1, 0.15) is 39.2 Å². The third-order valence-corrected chi connectivity index (χ3v) is 5.65. The number of nitrogens with zero attached hydrogens (tertiary/aromatic N) is 3. The monoisotopic (exact) mass is 386 g/mol. The van der Waals surface area contributed by atoms with Gasteiger partial charge in [-0.2, -0.15) is 0 Å².